The first-order chi connectivity index (χ1) is 17.1. The van der Waals surface area contributed by atoms with Crippen LogP contribution < -0.4 is 0 Å². The van der Waals surface area contributed by atoms with Crippen LogP contribution in [0.25, 0.3) is 0 Å². The third-order valence-corrected chi connectivity index (χ3v) is 16.6. The predicted molar refractivity (Wildman–Crippen MR) is 160 cm³/mol. The lowest BCUT2D eigenvalue weighted by atomic mass is 9.46. The molecule has 4 aliphatic carbocycles. The van der Waals surface area contributed by atoms with E-state index in [4.69, 9.17) is 4.43 Å². The highest BCUT2D eigenvalue weighted by Crippen LogP contribution is 2.69. The molecule has 2 nitrogen and oxygen atoms in total. The molecule has 210 valence electrons. The molecular formula is C34H58O2Si. The van der Waals surface area contributed by atoms with Crippen molar-refractivity contribution in [3.05, 3.63) is 11.3 Å². The molecule has 0 radical (unpaired) electrons. The molecule has 3 heteroatoms. The number of aliphatic hydroxyl groups is 1. The zero-order valence-corrected chi connectivity index (χ0v) is 27.0. The van der Waals surface area contributed by atoms with Crippen molar-refractivity contribution < 1.29 is 9.53 Å². The Hall–Kier alpha value is -0.723. The van der Waals surface area contributed by atoms with Gasteiger partial charge in [0, 0.05) is 18.8 Å². The van der Waals surface area contributed by atoms with Gasteiger partial charge in [-0.25, -0.2) is 0 Å². The van der Waals surface area contributed by atoms with Gasteiger partial charge in [-0.2, -0.15) is 0 Å². The van der Waals surface area contributed by atoms with Crippen LogP contribution in [0.4, 0.5) is 0 Å². The van der Waals surface area contributed by atoms with Crippen molar-refractivity contribution in [3.8, 4) is 11.8 Å². The summed E-state index contributed by atoms with van der Waals surface area (Å²) in [6.07, 6.45) is 13.1. The highest BCUT2D eigenvalue weighted by molar-refractivity contribution is 6.74. The van der Waals surface area contributed by atoms with Gasteiger partial charge in [0.05, 0.1) is 5.76 Å². The molecule has 0 bridgehead atoms. The van der Waals surface area contributed by atoms with E-state index in [2.05, 4.69) is 73.4 Å². The molecule has 0 heterocycles. The molecule has 0 unspecified atom stereocenters. The smallest absolute Gasteiger partial charge is 0.250 e. The number of hydrogen-bond acceptors (Lipinski definition) is 2. The molecule has 0 amide bonds. The Balaban J connectivity index is 1.68. The van der Waals surface area contributed by atoms with Gasteiger partial charge in [-0.1, -0.05) is 60.8 Å². The molecule has 4 rings (SSSR count). The van der Waals surface area contributed by atoms with Crippen LogP contribution in [0.5, 0.6) is 0 Å². The summed E-state index contributed by atoms with van der Waals surface area (Å²) in [6.45, 7) is 23.8. The molecule has 0 aromatic heterocycles. The second kappa shape index (κ2) is 10.0. The average molecular weight is 527 g/mol. The van der Waals surface area contributed by atoms with Gasteiger partial charge in [-0.05, 0) is 116 Å². The molecular weight excluding hydrogens is 468 g/mol. The standard InChI is InChI=1S/C34H58O2Si/c1-11-12-13-14-19-34(8,35)30-16-15-26-25-23-29(36-37(9,10)31(3,4)5)28-22-24(2)17-20-32(28,6)27(25)18-21-33(26,30)7/h24-27,30,35H,11-13,15-18,20-23H2,1-10H3/t24-,25-,26-,27-,30-,32+,33-,34-/m0/s1. The van der Waals surface area contributed by atoms with Gasteiger partial charge in [0.2, 0.25) is 8.32 Å². The lowest BCUT2D eigenvalue weighted by Crippen LogP contribution is -2.54. The minimum absolute atomic E-state index is 0.169. The van der Waals surface area contributed by atoms with Gasteiger partial charge < -0.3 is 9.53 Å². The van der Waals surface area contributed by atoms with Gasteiger partial charge in [0.15, 0.2) is 0 Å². The van der Waals surface area contributed by atoms with Crippen molar-refractivity contribution in [1.29, 1.82) is 0 Å². The summed E-state index contributed by atoms with van der Waals surface area (Å²) in [5.74, 6) is 11.2. The van der Waals surface area contributed by atoms with Crippen molar-refractivity contribution in [3.63, 3.8) is 0 Å². The second-order valence-electron chi connectivity index (χ2n) is 15.8. The monoisotopic (exact) mass is 526 g/mol. The Morgan fingerprint density at radius 2 is 1.70 bits per heavy atom. The fourth-order valence-electron chi connectivity index (χ4n) is 9.00. The van der Waals surface area contributed by atoms with E-state index < -0.39 is 13.9 Å². The van der Waals surface area contributed by atoms with Crippen molar-refractivity contribution in [2.45, 2.75) is 150 Å². The van der Waals surface area contributed by atoms with E-state index >= 15 is 0 Å². The van der Waals surface area contributed by atoms with E-state index in [1.807, 2.05) is 6.92 Å². The van der Waals surface area contributed by atoms with E-state index in [0.29, 0.717) is 11.8 Å². The fourth-order valence-corrected chi connectivity index (χ4v) is 10.1. The maximum Gasteiger partial charge on any atom is 0.250 e. The predicted octanol–water partition coefficient (Wildman–Crippen LogP) is 9.50. The van der Waals surface area contributed by atoms with E-state index in [1.54, 1.807) is 5.57 Å². The molecule has 0 spiro atoms. The Labute approximate surface area is 230 Å². The summed E-state index contributed by atoms with van der Waals surface area (Å²) < 4.78 is 7.27. The summed E-state index contributed by atoms with van der Waals surface area (Å²) in [7, 11) is -1.91. The Morgan fingerprint density at radius 1 is 1.00 bits per heavy atom. The van der Waals surface area contributed by atoms with Gasteiger partial charge in [-0.15, -0.1) is 5.92 Å². The topological polar surface area (TPSA) is 29.5 Å². The first kappa shape index (κ1) is 29.3. The van der Waals surface area contributed by atoms with Crippen molar-refractivity contribution in [1.82, 2.24) is 0 Å². The summed E-state index contributed by atoms with van der Waals surface area (Å²) in [5, 5.41) is 11.9. The summed E-state index contributed by atoms with van der Waals surface area (Å²) >= 11 is 0. The largest absolute Gasteiger partial charge is 0.547 e. The van der Waals surface area contributed by atoms with Gasteiger partial charge in [0.25, 0.3) is 0 Å². The first-order valence-corrected chi connectivity index (χ1v) is 18.6. The first-order valence-electron chi connectivity index (χ1n) is 15.7. The Morgan fingerprint density at radius 3 is 2.35 bits per heavy atom. The maximum atomic E-state index is 11.7. The van der Waals surface area contributed by atoms with E-state index in [9.17, 15) is 5.11 Å². The minimum Gasteiger partial charge on any atom is -0.547 e. The summed E-state index contributed by atoms with van der Waals surface area (Å²) in [6, 6.07) is 0. The van der Waals surface area contributed by atoms with Crippen LogP contribution in [-0.4, -0.2) is 19.0 Å². The molecule has 4 aliphatic rings. The van der Waals surface area contributed by atoms with Crippen molar-refractivity contribution in [2.24, 2.45) is 40.4 Å². The Bertz CT molecular complexity index is 943. The number of hydrogen-bond donors (Lipinski definition) is 1. The van der Waals surface area contributed by atoms with E-state index in [0.717, 1.165) is 43.9 Å². The molecule has 3 fully saturated rings. The van der Waals surface area contributed by atoms with Gasteiger partial charge in [-0.3, -0.25) is 0 Å². The summed E-state index contributed by atoms with van der Waals surface area (Å²) in [4.78, 5) is 0. The van der Waals surface area contributed by atoms with Crippen LogP contribution in [0.15, 0.2) is 11.3 Å². The second-order valence-corrected chi connectivity index (χ2v) is 20.6. The van der Waals surface area contributed by atoms with Gasteiger partial charge >= 0.3 is 0 Å². The zero-order valence-electron chi connectivity index (χ0n) is 26.0. The molecule has 8 atom stereocenters. The van der Waals surface area contributed by atoms with Crippen LogP contribution >= 0.6 is 0 Å². The number of unbranched alkanes of at least 4 members (excludes halogenated alkanes) is 2. The average Bonchev–Trinajstić information content (AvgIpc) is 3.15. The molecule has 0 aromatic carbocycles. The third kappa shape index (κ3) is 5.13. The molecule has 0 saturated heterocycles. The quantitative estimate of drug-likeness (QED) is 0.219. The van der Waals surface area contributed by atoms with Gasteiger partial charge in [0.1, 0.15) is 5.60 Å². The SMILES string of the molecule is CCCCC#C[C@](C)(O)[C@H]1CC[C@H]2[C@@H]3CC(O[Si](C)(C)C(C)(C)C)=C4C[C@@H](C)CC[C@]4(C)[C@H]3CC[C@@]21C. The van der Waals surface area contributed by atoms with Crippen LogP contribution in [0.1, 0.15) is 126 Å². The molecule has 1 N–H and O–H groups in total. The number of rotatable bonds is 5. The number of allylic oxidation sites excluding steroid dienone is 2. The zero-order chi connectivity index (χ0) is 27.4. The lowest BCUT2D eigenvalue weighted by Gasteiger charge is -2.60. The minimum atomic E-state index is -1.91. The van der Waals surface area contributed by atoms with E-state index in [-0.39, 0.29) is 21.8 Å². The van der Waals surface area contributed by atoms with Crippen molar-refractivity contribution >= 4 is 8.32 Å². The van der Waals surface area contributed by atoms with Crippen LogP contribution in [0.2, 0.25) is 18.1 Å². The normalized spacial score (nSPS) is 39.6. The number of fused-ring (bicyclic) bond motifs is 5. The van der Waals surface area contributed by atoms with Crippen LogP contribution in [0, 0.1) is 52.3 Å². The Kier molecular flexibility index (Phi) is 7.93. The van der Waals surface area contributed by atoms with E-state index in [1.165, 1.54) is 44.3 Å². The molecule has 0 aliphatic heterocycles. The molecule has 0 aromatic rings. The van der Waals surface area contributed by atoms with Crippen LogP contribution in [-0.2, 0) is 4.43 Å². The highest BCUT2D eigenvalue weighted by Gasteiger charge is 2.62. The highest BCUT2D eigenvalue weighted by atomic mass is 28.4. The lowest BCUT2D eigenvalue weighted by molar-refractivity contribution is -0.0853. The molecule has 3 saturated carbocycles. The summed E-state index contributed by atoms with van der Waals surface area (Å²) in [5.41, 5.74) is 1.27. The van der Waals surface area contributed by atoms with Crippen LogP contribution in [0.3, 0.4) is 0 Å². The maximum absolute atomic E-state index is 11.7. The fraction of sp³-hybridized carbons (Fsp3) is 0.882. The third-order valence-electron chi connectivity index (χ3n) is 12.3. The molecule has 37 heavy (non-hydrogen) atoms. The van der Waals surface area contributed by atoms with Crippen molar-refractivity contribution in [2.75, 3.05) is 0 Å².